The second-order valence-corrected chi connectivity index (χ2v) is 5.08. The highest BCUT2D eigenvalue weighted by molar-refractivity contribution is 5.98. The molecule has 0 bridgehead atoms. The molecule has 110 valence electrons. The molecule has 0 atom stereocenters. The van der Waals surface area contributed by atoms with Crippen molar-refractivity contribution >= 4 is 11.8 Å². The normalized spacial score (nSPS) is 16.1. The van der Waals surface area contributed by atoms with Crippen molar-refractivity contribution in [3.63, 3.8) is 0 Å². The van der Waals surface area contributed by atoms with Crippen molar-refractivity contribution < 1.29 is 14.1 Å². The molecule has 0 spiro atoms. The van der Waals surface area contributed by atoms with Gasteiger partial charge in [-0.2, -0.15) is 0 Å². The Morgan fingerprint density at radius 2 is 2.05 bits per heavy atom. The number of rotatable bonds is 4. The van der Waals surface area contributed by atoms with E-state index in [1.165, 1.54) is 0 Å². The number of amides is 2. The van der Waals surface area contributed by atoms with Crippen molar-refractivity contribution in [3.05, 3.63) is 17.0 Å². The number of aryl methyl sites for hydroxylation is 2. The molecule has 1 aromatic rings. The lowest BCUT2D eigenvalue weighted by atomic mass is 10.0. The standard InChI is InChI=1S/C13H20N4O3/c1-8-12(9(2)20-16-8)13(19)17(7-11(14)18)10-3-5-15-6-4-10/h10,15H,3-7H2,1-2H3,(H2,14,18). The maximum atomic E-state index is 12.7. The fourth-order valence-electron chi connectivity index (χ4n) is 2.58. The number of primary amides is 1. The van der Waals surface area contributed by atoms with Gasteiger partial charge in [-0.15, -0.1) is 0 Å². The second-order valence-electron chi connectivity index (χ2n) is 5.08. The minimum absolute atomic E-state index is 0.0185. The van der Waals surface area contributed by atoms with Gasteiger partial charge in [-0.05, 0) is 39.8 Å². The maximum Gasteiger partial charge on any atom is 0.260 e. The van der Waals surface area contributed by atoms with Crippen molar-refractivity contribution in [2.24, 2.45) is 5.73 Å². The van der Waals surface area contributed by atoms with Gasteiger partial charge < -0.3 is 20.5 Å². The molecule has 2 rings (SSSR count). The van der Waals surface area contributed by atoms with E-state index in [1.54, 1.807) is 18.7 Å². The van der Waals surface area contributed by atoms with E-state index in [2.05, 4.69) is 10.5 Å². The van der Waals surface area contributed by atoms with Crippen molar-refractivity contribution in [3.8, 4) is 0 Å². The Kier molecular flexibility index (Phi) is 4.39. The van der Waals surface area contributed by atoms with E-state index in [4.69, 9.17) is 10.3 Å². The average Bonchev–Trinajstić information content (AvgIpc) is 2.75. The highest BCUT2D eigenvalue weighted by Gasteiger charge is 2.30. The number of hydrogen-bond acceptors (Lipinski definition) is 5. The number of carbonyl (C=O) groups excluding carboxylic acids is 2. The summed E-state index contributed by atoms with van der Waals surface area (Å²) in [5, 5.41) is 7.03. The molecule has 2 amide bonds. The third-order valence-corrected chi connectivity index (χ3v) is 3.58. The van der Waals surface area contributed by atoms with Crippen LogP contribution in [0.3, 0.4) is 0 Å². The van der Waals surface area contributed by atoms with Gasteiger partial charge in [0.15, 0.2) is 0 Å². The summed E-state index contributed by atoms with van der Waals surface area (Å²) in [6, 6.07) is 0.0185. The Hall–Kier alpha value is -1.89. The van der Waals surface area contributed by atoms with Gasteiger partial charge in [0.2, 0.25) is 5.91 Å². The van der Waals surface area contributed by atoms with Crippen molar-refractivity contribution in [1.29, 1.82) is 0 Å². The summed E-state index contributed by atoms with van der Waals surface area (Å²) in [5.41, 5.74) is 6.25. The fourth-order valence-corrected chi connectivity index (χ4v) is 2.58. The SMILES string of the molecule is Cc1noc(C)c1C(=O)N(CC(N)=O)C1CCNCC1. The highest BCUT2D eigenvalue weighted by Crippen LogP contribution is 2.19. The molecule has 20 heavy (non-hydrogen) atoms. The van der Waals surface area contributed by atoms with Crippen LogP contribution in [0.25, 0.3) is 0 Å². The number of nitrogens with two attached hydrogens (primary N) is 1. The van der Waals surface area contributed by atoms with Gasteiger partial charge in [0.1, 0.15) is 11.3 Å². The van der Waals surface area contributed by atoms with Gasteiger partial charge >= 0.3 is 0 Å². The quantitative estimate of drug-likeness (QED) is 0.806. The van der Waals surface area contributed by atoms with E-state index in [0.717, 1.165) is 25.9 Å². The van der Waals surface area contributed by atoms with Crippen LogP contribution in [0.1, 0.15) is 34.7 Å². The number of hydrogen-bond donors (Lipinski definition) is 2. The molecule has 1 aromatic heterocycles. The molecule has 1 fully saturated rings. The number of carbonyl (C=O) groups is 2. The second kappa shape index (κ2) is 6.04. The molecular weight excluding hydrogens is 260 g/mol. The van der Waals surface area contributed by atoms with E-state index in [0.29, 0.717) is 17.0 Å². The molecule has 7 heteroatoms. The predicted molar refractivity (Wildman–Crippen MR) is 72.1 cm³/mol. The molecule has 3 N–H and O–H groups in total. The van der Waals surface area contributed by atoms with E-state index in [9.17, 15) is 9.59 Å². The van der Waals surface area contributed by atoms with E-state index in [1.807, 2.05) is 0 Å². The van der Waals surface area contributed by atoms with Crippen LogP contribution < -0.4 is 11.1 Å². The third kappa shape index (κ3) is 2.98. The largest absolute Gasteiger partial charge is 0.368 e. The smallest absolute Gasteiger partial charge is 0.260 e. The zero-order valence-electron chi connectivity index (χ0n) is 11.8. The van der Waals surface area contributed by atoms with Crippen molar-refractivity contribution in [2.45, 2.75) is 32.7 Å². The zero-order chi connectivity index (χ0) is 14.7. The number of nitrogens with zero attached hydrogens (tertiary/aromatic N) is 2. The van der Waals surface area contributed by atoms with E-state index in [-0.39, 0.29) is 18.5 Å². The number of aromatic nitrogens is 1. The maximum absolute atomic E-state index is 12.7. The van der Waals surface area contributed by atoms with Crippen LogP contribution >= 0.6 is 0 Å². The Bertz CT molecular complexity index is 486. The first-order valence-corrected chi connectivity index (χ1v) is 6.73. The fraction of sp³-hybridized carbons (Fsp3) is 0.615. The Labute approximate surface area is 117 Å². The topological polar surface area (TPSA) is 101 Å². The summed E-state index contributed by atoms with van der Waals surface area (Å²) in [5.74, 6) is -0.272. The van der Waals surface area contributed by atoms with Crippen LogP contribution in [0.15, 0.2) is 4.52 Å². The van der Waals surface area contributed by atoms with Crippen LogP contribution in [0, 0.1) is 13.8 Å². The van der Waals surface area contributed by atoms with Crippen LogP contribution in [0.2, 0.25) is 0 Å². The molecule has 0 aromatic carbocycles. The van der Waals surface area contributed by atoms with E-state index < -0.39 is 5.91 Å². The van der Waals surface area contributed by atoms with E-state index >= 15 is 0 Å². The molecule has 2 heterocycles. The molecule has 1 aliphatic heterocycles. The van der Waals surface area contributed by atoms with Gasteiger partial charge in [0, 0.05) is 6.04 Å². The Morgan fingerprint density at radius 3 is 2.55 bits per heavy atom. The lowest BCUT2D eigenvalue weighted by Crippen LogP contribution is -2.49. The van der Waals surface area contributed by atoms with Gasteiger partial charge in [-0.3, -0.25) is 9.59 Å². The Morgan fingerprint density at radius 1 is 1.40 bits per heavy atom. The predicted octanol–water partition coefficient (Wildman–Crippen LogP) is -0.0291. The van der Waals surface area contributed by atoms with Gasteiger partial charge in [0.05, 0.1) is 12.2 Å². The summed E-state index contributed by atoms with van der Waals surface area (Å²) < 4.78 is 5.03. The first-order chi connectivity index (χ1) is 9.50. The summed E-state index contributed by atoms with van der Waals surface area (Å²) in [6.45, 7) is 4.99. The van der Waals surface area contributed by atoms with Crippen molar-refractivity contribution in [2.75, 3.05) is 19.6 Å². The summed E-state index contributed by atoms with van der Waals surface area (Å²) in [6.07, 6.45) is 1.62. The van der Waals surface area contributed by atoms with Crippen LogP contribution in [-0.4, -0.2) is 47.5 Å². The molecular formula is C13H20N4O3. The minimum atomic E-state index is -0.511. The highest BCUT2D eigenvalue weighted by atomic mass is 16.5. The van der Waals surface area contributed by atoms with Gasteiger partial charge in [0.25, 0.3) is 5.91 Å². The van der Waals surface area contributed by atoms with Crippen LogP contribution in [0.5, 0.6) is 0 Å². The van der Waals surface area contributed by atoms with Gasteiger partial charge in [-0.1, -0.05) is 5.16 Å². The molecule has 0 aliphatic carbocycles. The zero-order valence-corrected chi connectivity index (χ0v) is 11.8. The lowest BCUT2D eigenvalue weighted by molar-refractivity contribution is -0.119. The first kappa shape index (κ1) is 14.5. The summed E-state index contributed by atoms with van der Waals surface area (Å²) >= 11 is 0. The van der Waals surface area contributed by atoms with Crippen molar-refractivity contribution in [1.82, 2.24) is 15.4 Å². The molecule has 7 nitrogen and oxygen atoms in total. The lowest BCUT2D eigenvalue weighted by Gasteiger charge is -2.33. The van der Waals surface area contributed by atoms with Crippen LogP contribution in [0.4, 0.5) is 0 Å². The third-order valence-electron chi connectivity index (χ3n) is 3.58. The molecule has 0 unspecified atom stereocenters. The van der Waals surface area contributed by atoms with Crippen LogP contribution in [-0.2, 0) is 4.79 Å². The number of nitrogens with one attached hydrogen (secondary N) is 1. The van der Waals surface area contributed by atoms with Gasteiger partial charge in [-0.25, -0.2) is 0 Å². The summed E-state index contributed by atoms with van der Waals surface area (Å²) in [4.78, 5) is 25.5. The first-order valence-electron chi connectivity index (χ1n) is 6.73. The minimum Gasteiger partial charge on any atom is -0.368 e. The summed E-state index contributed by atoms with van der Waals surface area (Å²) in [7, 11) is 0. The molecule has 1 saturated heterocycles. The molecule has 1 aliphatic rings. The monoisotopic (exact) mass is 280 g/mol. The molecule has 0 radical (unpaired) electrons. The molecule has 0 saturated carbocycles. The average molecular weight is 280 g/mol. The Balaban J connectivity index is 2.25. The number of piperidine rings is 1.